The van der Waals surface area contributed by atoms with Crippen LogP contribution in [0.25, 0.3) is 0 Å². The predicted molar refractivity (Wildman–Crippen MR) is 30.4 cm³/mol. The molecule has 6 heteroatoms. The first-order valence-corrected chi connectivity index (χ1v) is 3.00. The quantitative estimate of drug-likeness (QED) is 0.563. The van der Waals surface area contributed by atoms with Crippen molar-refractivity contribution in [1.82, 2.24) is 10.4 Å². The highest BCUT2D eigenvalue weighted by atomic mass is 19.4. The smallest absolute Gasteiger partial charge is 0.289 e. The molecule has 0 aromatic carbocycles. The number of nitrogens with zero attached hydrogens (tertiary/aromatic N) is 1. The maximum Gasteiger partial charge on any atom is 0.406 e. The summed E-state index contributed by atoms with van der Waals surface area (Å²) in [6.07, 6.45) is -4.83. The molecule has 3 nitrogen and oxygen atoms in total. The number of amides is 1. The summed E-state index contributed by atoms with van der Waals surface area (Å²) in [5.74, 6) is -0.588. The molecule has 0 aromatic rings. The standard InChI is InChI=1S/C5H7F3N2O/c1-10-3(5(6,7)8)2-4(11)9-10/h3H,2H2,1H3,(H,9,11). The minimum atomic E-state index is -4.33. The zero-order valence-corrected chi connectivity index (χ0v) is 5.77. The number of carbonyl (C=O) groups excluding carboxylic acids is 1. The minimum absolute atomic E-state index is 0.500. The first-order valence-electron chi connectivity index (χ1n) is 3.00. The van der Waals surface area contributed by atoms with Gasteiger partial charge in [0, 0.05) is 7.05 Å². The first kappa shape index (κ1) is 8.32. The molecule has 0 saturated carbocycles. The third-order valence-corrected chi connectivity index (χ3v) is 1.53. The molecule has 1 N–H and O–H groups in total. The molecular formula is C5H7F3N2O. The van der Waals surface area contributed by atoms with Crippen LogP contribution in [0.3, 0.4) is 0 Å². The summed E-state index contributed by atoms with van der Waals surface area (Å²) in [5.41, 5.74) is 2.05. The van der Waals surface area contributed by atoms with Gasteiger partial charge in [-0.2, -0.15) is 13.2 Å². The van der Waals surface area contributed by atoms with Gasteiger partial charge in [0.1, 0.15) is 6.04 Å². The summed E-state index contributed by atoms with van der Waals surface area (Å²) in [4.78, 5) is 10.5. The topological polar surface area (TPSA) is 32.3 Å². The lowest BCUT2D eigenvalue weighted by Crippen LogP contribution is -2.42. The summed E-state index contributed by atoms with van der Waals surface area (Å²) >= 11 is 0. The maximum absolute atomic E-state index is 12.0. The Morgan fingerprint density at radius 1 is 1.64 bits per heavy atom. The Hall–Kier alpha value is -0.780. The van der Waals surface area contributed by atoms with E-state index in [0.717, 1.165) is 5.01 Å². The number of hydrogen-bond donors (Lipinski definition) is 1. The van der Waals surface area contributed by atoms with Crippen molar-refractivity contribution in [3.05, 3.63) is 0 Å². The van der Waals surface area contributed by atoms with Crippen LogP contribution in [-0.2, 0) is 4.79 Å². The van der Waals surface area contributed by atoms with Crippen LogP contribution in [-0.4, -0.2) is 30.2 Å². The molecule has 1 fully saturated rings. The van der Waals surface area contributed by atoms with Crippen molar-refractivity contribution >= 4 is 5.91 Å². The molecule has 1 aliphatic heterocycles. The minimum Gasteiger partial charge on any atom is -0.289 e. The monoisotopic (exact) mass is 168 g/mol. The Morgan fingerprint density at radius 3 is 2.36 bits per heavy atom. The van der Waals surface area contributed by atoms with Crippen molar-refractivity contribution < 1.29 is 18.0 Å². The second-order valence-electron chi connectivity index (χ2n) is 2.41. The second-order valence-corrected chi connectivity index (χ2v) is 2.41. The van der Waals surface area contributed by atoms with Gasteiger partial charge in [-0.3, -0.25) is 10.2 Å². The molecular weight excluding hydrogens is 161 g/mol. The lowest BCUT2D eigenvalue weighted by atomic mass is 10.2. The fourth-order valence-corrected chi connectivity index (χ4v) is 0.968. The average molecular weight is 168 g/mol. The molecule has 64 valence electrons. The lowest BCUT2D eigenvalue weighted by Gasteiger charge is -2.20. The van der Waals surface area contributed by atoms with Crippen molar-refractivity contribution in [3.8, 4) is 0 Å². The zero-order valence-electron chi connectivity index (χ0n) is 5.77. The van der Waals surface area contributed by atoms with Gasteiger partial charge in [-0.15, -0.1) is 0 Å². The third-order valence-electron chi connectivity index (χ3n) is 1.53. The van der Waals surface area contributed by atoms with E-state index >= 15 is 0 Å². The van der Waals surface area contributed by atoms with Gasteiger partial charge < -0.3 is 0 Å². The predicted octanol–water partition coefficient (Wildman–Crippen LogP) is 0.284. The summed E-state index contributed by atoms with van der Waals surface area (Å²) in [5, 5.41) is 0.780. The number of hydrogen-bond acceptors (Lipinski definition) is 2. The molecule has 11 heavy (non-hydrogen) atoms. The highest BCUT2D eigenvalue weighted by molar-refractivity contribution is 5.78. The van der Waals surface area contributed by atoms with Crippen LogP contribution in [0.4, 0.5) is 13.2 Å². The van der Waals surface area contributed by atoms with Crippen molar-refractivity contribution in [3.63, 3.8) is 0 Å². The third kappa shape index (κ3) is 1.62. The summed E-state index contributed by atoms with van der Waals surface area (Å²) in [6, 6.07) is -1.67. The molecule has 0 spiro atoms. The van der Waals surface area contributed by atoms with E-state index < -0.39 is 24.5 Å². The molecule has 1 heterocycles. The number of alkyl halides is 3. The second kappa shape index (κ2) is 2.37. The molecule has 1 unspecified atom stereocenters. The highest BCUT2D eigenvalue weighted by Gasteiger charge is 2.47. The Labute approximate surface area is 61.1 Å². The van der Waals surface area contributed by atoms with Crippen molar-refractivity contribution in [2.75, 3.05) is 7.05 Å². The van der Waals surface area contributed by atoms with E-state index in [4.69, 9.17) is 0 Å². The van der Waals surface area contributed by atoms with E-state index in [1.165, 1.54) is 7.05 Å². The molecule has 1 saturated heterocycles. The number of halogens is 3. The molecule has 1 atom stereocenters. The van der Waals surface area contributed by atoms with Crippen LogP contribution in [0, 0.1) is 0 Å². The van der Waals surface area contributed by atoms with Crippen molar-refractivity contribution in [1.29, 1.82) is 0 Å². The molecule has 0 radical (unpaired) electrons. The Bertz CT molecular complexity index is 179. The van der Waals surface area contributed by atoms with Gasteiger partial charge in [0.15, 0.2) is 0 Å². The number of hydrazine groups is 1. The van der Waals surface area contributed by atoms with Crippen molar-refractivity contribution in [2.45, 2.75) is 18.6 Å². The van der Waals surface area contributed by atoms with Crippen LogP contribution in [0.2, 0.25) is 0 Å². The van der Waals surface area contributed by atoms with E-state index in [2.05, 4.69) is 0 Å². The molecule has 1 aliphatic rings. The fraction of sp³-hybridized carbons (Fsp3) is 0.800. The molecule has 1 rings (SSSR count). The van der Waals surface area contributed by atoms with Crippen molar-refractivity contribution in [2.24, 2.45) is 0 Å². The van der Waals surface area contributed by atoms with E-state index in [9.17, 15) is 18.0 Å². The van der Waals surface area contributed by atoms with E-state index in [1.807, 2.05) is 5.43 Å². The van der Waals surface area contributed by atoms with Gasteiger partial charge in [0.2, 0.25) is 5.91 Å². The normalized spacial score (nSPS) is 27.3. The van der Waals surface area contributed by atoms with Gasteiger partial charge in [-0.05, 0) is 0 Å². The summed E-state index contributed by atoms with van der Waals surface area (Å²) in [7, 11) is 1.20. The SMILES string of the molecule is CN1NC(=O)CC1C(F)(F)F. The van der Waals surface area contributed by atoms with Crippen LogP contribution >= 0.6 is 0 Å². The summed E-state index contributed by atoms with van der Waals surface area (Å²) in [6.45, 7) is 0. The van der Waals surface area contributed by atoms with Gasteiger partial charge in [-0.1, -0.05) is 0 Å². The van der Waals surface area contributed by atoms with Crippen LogP contribution in [0.15, 0.2) is 0 Å². The van der Waals surface area contributed by atoms with E-state index in [1.54, 1.807) is 0 Å². The first-order chi connectivity index (χ1) is 4.91. The Morgan fingerprint density at radius 2 is 2.18 bits per heavy atom. The Kier molecular flexibility index (Phi) is 1.79. The number of nitrogens with one attached hydrogen (secondary N) is 1. The van der Waals surface area contributed by atoms with Gasteiger partial charge in [0.05, 0.1) is 6.42 Å². The van der Waals surface area contributed by atoms with Gasteiger partial charge in [0.25, 0.3) is 0 Å². The summed E-state index contributed by atoms with van der Waals surface area (Å²) < 4.78 is 35.9. The van der Waals surface area contributed by atoms with E-state index in [0.29, 0.717) is 0 Å². The van der Waals surface area contributed by atoms with Gasteiger partial charge >= 0.3 is 6.18 Å². The molecule has 0 bridgehead atoms. The van der Waals surface area contributed by atoms with Gasteiger partial charge in [-0.25, -0.2) is 5.01 Å². The number of carbonyl (C=O) groups is 1. The zero-order chi connectivity index (χ0) is 8.65. The largest absolute Gasteiger partial charge is 0.406 e. The lowest BCUT2D eigenvalue weighted by molar-refractivity contribution is -0.176. The molecule has 0 aromatic heterocycles. The van der Waals surface area contributed by atoms with Crippen LogP contribution < -0.4 is 5.43 Å². The molecule has 1 amide bonds. The number of rotatable bonds is 0. The van der Waals surface area contributed by atoms with Crippen LogP contribution in [0.1, 0.15) is 6.42 Å². The fourth-order valence-electron chi connectivity index (χ4n) is 0.968. The average Bonchev–Trinajstić information content (AvgIpc) is 2.08. The maximum atomic E-state index is 12.0. The highest BCUT2D eigenvalue weighted by Crippen LogP contribution is 2.27. The van der Waals surface area contributed by atoms with E-state index in [-0.39, 0.29) is 0 Å². The molecule has 0 aliphatic carbocycles. The Balaban J connectivity index is 2.67. The van der Waals surface area contributed by atoms with Crippen LogP contribution in [0.5, 0.6) is 0 Å².